The Hall–Kier alpha value is -1.76. The van der Waals surface area contributed by atoms with Gasteiger partial charge >= 0.3 is 6.18 Å². The van der Waals surface area contributed by atoms with Crippen molar-refractivity contribution in [2.45, 2.75) is 37.9 Å². The summed E-state index contributed by atoms with van der Waals surface area (Å²) in [5.74, 6) is 0.864. The predicted molar refractivity (Wildman–Crippen MR) is 92.0 cm³/mol. The maximum absolute atomic E-state index is 12.6. The van der Waals surface area contributed by atoms with Crippen LogP contribution in [0.4, 0.5) is 13.2 Å². The third-order valence-electron chi connectivity index (χ3n) is 5.33. The maximum atomic E-state index is 12.6. The summed E-state index contributed by atoms with van der Waals surface area (Å²) in [7, 11) is 1.65. The number of hydrogen-bond acceptors (Lipinski definition) is 3. The second-order valence-corrected chi connectivity index (χ2v) is 7.20. The number of halogens is 3. The van der Waals surface area contributed by atoms with Gasteiger partial charge in [0.25, 0.3) is 0 Å². The Labute approximate surface area is 151 Å². The molecule has 2 aliphatic rings. The molecule has 3 rings (SSSR count). The predicted octanol–water partition coefficient (Wildman–Crippen LogP) is 3.11. The monoisotopic (exact) mass is 370 g/mol. The van der Waals surface area contributed by atoms with E-state index in [4.69, 9.17) is 4.74 Å². The zero-order valence-corrected chi connectivity index (χ0v) is 15.0. The highest BCUT2D eigenvalue weighted by Gasteiger charge is 2.42. The van der Waals surface area contributed by atoms with Crippen molar-refractivity contribution in [1.82, 2.24) is 9.80 Å². The number of amides is 1. The summed E-state index contributed by atoms with van der Waals surface area (Å²) < 4.78 is 43.2. The molecule has 26 heavy (non-hydrogen) atoms. The molecule has 0 spiro atoms. The molecule has 144 valence electrons. The van der Waals surface area contributed by atoms with Crippen molar-refractivity contribution >= 4 is 5.91 Å². The first kappa shape index (κ1) is 19.0. The average molecular weight is 370 g/mol. The Morgan fingerprint density at radius 2 is 1.96 bits per heavy atom. The van der Waals surface area contributed by atoms with E-state index in [0.717, 1.165) is 48.6 Å². The molecule has 2 atom stereocenters. The Kier molecular flexibility index (Phi) is 5.75. The number of para-hydroxylation sites is 1. The zero-order chi connectivity index (χ0) is 18.7. The molecular formula is C19H25F3N2O2. The topological polar surface area (TPSA) is 32.8 Å². The van der Waals surface area contributed by atoms with Crippen molar-refractivity contribution in [1.29, 1.82) is 0 Å². The van der Waals surface area contributed by atoms with Crippen molar-refractivity contribution < 1.29 is 22.7 Å². The van der Waals surface area contributed by atoms with Crippen LogP contribution in [0.5, 0.6) is 5.75 Å². The summed E-state index contributed by atoms with van der Waals surface area (Å²) >= 11 is 0. The van der Waals surface area contributed by atoms with Crippen LogP contribution in [0.2, 0.25) is 0 Å². The second kappa shape index (κ2) is 7.86. The molecule has 1 aromatic rings. The highest BCUT2D eigenvalue weighted by Crippen LogP contribution is 2.30. The lowest BCUT2D eigenvalue weighted by molar-refractivity contribution is -0.159. The molecule has 0 aromatic heterocycles. The Balaban J connectivity index is 1.61. The number of nitrogens with zero attached hydrogens (tertiary/aromatic N) is 2. The summed E-state index contributed by atoms with van der Waals surface area (Å²) in [4.78, 5) is 15.5. The van der Waals surface area contributed by atoms with Gasteiger partial charge in [-0.3, -0.25) is 9.69 Å². The van der Waals surface area contributed by atoms with E-state index < -0.39 is 18.8 Å². The highest BCUT2D eigenvalue weighted by atomic mass is 19.4. The highest BCUT2D eigenvalue weighted by molar-refractivity contribution is 5.84. The van der Waals surface area contributed by atoms with Gasteiger partial charge in [0.2, 0.25) is 5.91 Å². The Bertz CT molecular complexity index is 635. The van der Waals surface area contributed by atoms with Crippen LogP contribution in [0.1, 0.15) is 24.8 Å². The molecule has 2 saturated heterocycles. The lowest BCUT2D eigenvalue weighted by Gasteiger charge is -2.36. The molecule has 4 nitrogen and oxygen atoms in total. The van der Waals surface area contributed by atoms with Gasteiger partial charge in [-0.15, -0.1) is 0 Å². The summed E-state index contributed by atoms with van der Waals surface area (Å²) in [5.41, 5.74) is 1.14. The molecule has 2 heterocycles. The lowest BCUT2D eigenvalue weighted by Crippen LogP contribution is -2.48. The number of ether oxygens (including phenoxy) is 1. The van der Waals surface area contributed by atoms with Crippen LogP contribution >= 0.6 is 0 Å². The van der Waals surface area contributed by atoms with Crippen molar-refractivity contribution in [3.8, 4) is 5.75 Å². The van der Waals surface area contributed by atoms with Gasteiger partial charge in [-0.1, -0.05) is 18.2 Å². The van der Waals surface area contributed by atoms with Gasteiger partial charge in [0, 0.05) is 13.1 Å². The number of likely N-dealkylation sites (tertiary alicyclic amines) is 2. The fourth-order valence-corrected chi connectivity index (χ4v) is 4.16. The number of methoxy groups -OCH3 is 1. The van der Waals surface area contributed by atoms with Gasteiger partial charge in [-0.05, 0) is 49.8 Å². The summed E-state index contributed by atoms with van der Waals surface area (Å²) in [6.07, 6.45) is -0.979. The minimum atomic E-state index is -4.33. The standard InChI is InChI=1S/C19H25F3N2O2/c1-26-17-7-3-2-6-15(17)11-14-5-4-9-23(12-14)16-8-10-24(18(16)25)13-19(20,21)22/h2-3,6-7,14,16H,4-5,8-13H2,1H3. The summed E-state index contributed by atoms with van der Waals surface area (Å²) in [5, 5.41) is 0. The number of rotatable bonds is 5. The number of carbonyl (C=O) groups excluding carboxylic acids is 1. The van der Waals surface area contributed by atoms with Crippen molar-refractivity contribution in [2.75, 3.05) is 33.3 Å². The van der Waals surface area contributed by atoms with E-state index in [1.807, 2.05) is 24.3 Å². The molecule has 1 aromatic carbocycles. The molecule has 0 radical (unpaired) electrons. The van der Waals surface area contributed by atoms with Gasteiger partial charge in [0.15, 0.2) is 0 Å². The third-order valence-corrected chi connectivity index (χ3v) is 5.33. The van der Waals surface area contributed by atoms with Crippen LogP contribution in [0.25, 0.3) is 0 Å². The molecule has 7 heteroatoms. The van der Waals surface area contributed by atoms with E-state index in [9.17, 15) is 18.0 Å². The molecular weight excluding hydrogens is 345 g/mol. The smallest absolute Gasteiger partial charge is 0.406 e. The van der Waals surface area contributed by atoms with Gasteiger partial charge in [-0.25, -0.2) is 0 Å². The lowest BCUT2D eigenvalue weighted by atomic mass is 9.90. The third kappa shape index (κ3) is 4.50. The number of benzene rings is 1. The first-order valence-corrected chi connectivity index (χ1v) is 9.09. The second-order valence-electron chi connectivity index (χ2n) is 7.20. The van der Waals surface area contributed by atoms with E-state index in [2.05, 4.69) is 4.90 Å². The first-order valence-electron chi connectivity index (χ1n) is 9.09. The van der Waals surface area contributed by atoms with Crippen LogP contribution in [-0.2, 0) is 11.2 Å². The minimum Gasteiger partial charge on any atom is -0.496 e. The van der Waals surface area contributed by atoms with Gasteiger partial charge in [-0.2, -0.15) is 13.2 Å². The van der Waals surface area contributed by atoms with Crippen LogP contribution in [0, 0.1) is 5.92 Å². The molecule has 0 aliphatic carbocycles. The summed E-state index contributed by atoms with van der Waals surface area (Å²) in [6.45, 7) is 0.574. The fraction of sp³-hybridized carbons (Fsp3) is 0.632. The molecule has 2 aliphatic heterocycles. The van der Waals surface area contributed by atoms with Gasteiger partial charge in [0.05, 0.1) is 13.2 Å². The number of hydrogen-bond donors (Lipinski definition) is 0. The number of carbonyl (C=O) groups is 1. The fourth-order valence-electron chi connectivity index (χ4n) is 4.16. The average Bonchev–Trinajstić information content (AvgIpc) is 2.94. The van der Waals surface area contributed by atoms with E-state index in [1.165, 1.54) is 0 Å². The normalized spacial score (nSPS) is 24.9. The van der Waals surface area contributed by atoms with Crippen LogP contribution in [-0.4, -0.2) is 61.2 Å². The first-order chi connectivity index (χ1) is 12.4. The van der Waals surface area contributed by atoms with E-state index in [1.54, 1.807) is 7.11 Å². The van der Waals surface area contributed by atoms with E-state index in [0.29, 0.717) is 12.3 Å². The number of piperidine rings is 1. The van der Waals surface area contributed by atoms with Crippen molar-refractivity contribution in [2.24, 2.45) is 5.92 Å². The number of alkyl halides is 3. The van der Waals surface area contributed by atoms with E-state index in [-0.39, 0.29) is 12.5 Å². The van der Waals surface area contributed by atoms with Crippen LogP contribution in [0.15, 0.2) is 24.3 Å². The minimum absolute atomic E-state index is 0.191. The van der Waals surface area contributed by atoms with Gasteiger partial charge < -0.3 is 9.64 Å². The maximum Gasteiger partial charge on any atom is 0.406 e. The van der Waals surface area contributed by atoms with Crippen molar-refractivity contribution in [3.05, 3.63) is 29.8 Å². The summed E-state index contributed by atoms with van der Waals surface area (Å²) in [6, 6.07) is 7.49. The van der Waals surface area contributed by atoms with E-state index >= 15 is 0 Å². The van der Waals surface area contributed by atoms with Crippen LogP contribution in [0.3, 0.4) is 0 Å². The Morgan fingerprint density at radius 3 is 2.69 bits per heavy atom. The largest absolute Gasteiger partial charge is 0.496 e. The van der Waals surface area contributed by atoms with Crippen molar-refractivity contribution in [3.63, 3.8) is 0 Å². The SMILES string of the molecule is COc1ccccc1CC1CCCN(C2CCN(CC(F)(F)F)C2=O)C1. The zero-order valence-electron chi connectivity index (χ0n) is 15.0. The molecule has 0 saturated carbocycles. The quantitative estimate of drug-likeness (QED) is 0.799. The van der Waals surface area contributed by atoms with Gasteiger partial charge in [0.1, 0.15) is 12.3 Å². The molecule has 0 bridgehead atoms. The van der Waals surface area contributed by atoms with Crippen LogP contribution < -0.4 is 4.74 Å². The molecule has 0 N–H and O–H groups in total. The molecule has 2 unspecified atom stereocenters. The molecule has 2 fully saturated rings. The Morgan fingerprint density at radius 1 is 1.19 bits per heavy atom. The molecule has 1 amide bonds.